The predicted octanol–water partition coefficient (Wildman–Crippen LogP) is 0.632. The van der Waals surface area contributed by atoms with E-state index in [0.717, 1.165) is 43.2 Å². The van der Waals surface area contributed by atoms with E-state index >= 15 is 0 Å². The van der Waals surface area contributed by atoms with Gasteiger partial charge in [0, 0.05) is 37.9 Å². The van der Waals surface area contributed by atoms with Crippen LogP contribution in [0.15, 0.2) is 12.3 Å². The lowest BCUT2D eigenvalue weighted by atomic mass is 10.3. The minimum atomic E-state index is 0.284. The van der Waals surface area contributed by atoms with Gasteiger partial charge in [0.1, 0.15) is 5.69 Å². The number of likely N-dealkylation sites (tertiary alicyclic amines) is 1. The van der Waals surface area contributed by atoms with Gasteiger partial charge in [-0.05, 0) is 6.42 Å². The largest absolute Gasteiger partial charge is 0.493 e. The maximum absolute atomic E-state index is 5.89. The average Bonchev–Trinajstić information content (AvgIpc) is 2.74. The van der Waals surface area contributed by atoms with Crippen molar-refractivity contribution in [3.05, 3.63) is 18.0 Å². The lowest BCUT2D eigenvalue weighted by molar-refractivity contribution is 0.303. The first kappa shape index (κ1) is 12.1. The summed E-state index contributed by atoms with van der Waals surface area (Å²) in [6.45, 7) is 2.69. The molecule has 0 amide bonds. The molecule has 5 heteroatoms. The van der Waals surface area contributed by atoms with Crippen LogP contribution in [-0.4, -0.2) is 43.2 Å². The zero-order valence-electron chi connectivity index (χ0n) is 10.3. The quantitative estimate of drug-likeness (QED) is 0.832. The summed E-state index contributed by atoms with van der Waals surface area (Å²) in [6, 6.07) is 2.09. The molecule has 5 nitrogen and oxygen atoms in total. The Morgan fingerprint density at radius 1 is 1.47 bits per heavy atom. The van der Waals surface area contributed by atoms with Crippen LogP contribution in [0.4, 0.5) is 0 Å². The van der Waals surface area contributed by atoms with Gasteiger partial charge < -0.3 is 15.2 Å². The van der Waals surface area contributed by atoms with E-state index in [0.29, 0.717) is 0 Å². The van der Waals surface area contributed by atoms with Crippen LogP contribution in [-0.2, 0) is 6.54 Å². The Kier molecular flexibility index (Phi) is 3.81. The molecular formula is C12H19N3O2. The van der Waals surface area contributed by atoms with E-state index in [1.54, 1.807) is 26.5 Å². The molecule has 0 spiro atoms. The molecule has 1 saturated heterocycles. The maximum Gasteiger partial charge on any atom is 0.183 e. The van der Waals surface area contributed by atoms with Crippen LogP contribution in [0.25, 0.3) is 0 Å². The number of aromatic nitrogens is 1. The summed E-state index contributed by atoms with van der Waals surface area (Å²) in [7, 11) is 3.27. The van der Waals surface area contributed by atoms with Crippen molar-refractivity contribution < 1.29 is 9.47 Å². The monoisotopic (exact) mass is 237 g/mol. The molecule has 17 heavy (non-hydrogen) atoms. The Hall–Kier alpha value is -1.33. The topological polar surface area (TPSA) is 60.6 Å². The summed E-state index contributed by atoms with van der Waals surface area (Å²) in [6.07, 6.45) is 2.79. The molecule has 1 aliphatic rings. The second-order valence-electron chi connectivity index (χ2n) is 4.28. The number of hydrogen-bond donors (Lipinski definition) is 1. The Labute approximate surface area is 102 Å². The molecule has 0 saturated carbocycles. The molecule has 2 rings (SSSR count). The fraction of sp³-hybridized carbons (Fsp3) is 0.583. The first-order chi connectivity index (χ1) is 8.24. The third-order valence-electron chi connectivity index (χ3n) is 3.05. The first-order valence-electron chi connectivity index (χ1n) is 5.78. The van der Waals surface area contributed by atoms with Crippen LogP contribution in [0.1, 0.15) is 12.1 Å². The second-order valence-corrected chi connectivity index (χ2v) is 4.28. The zero-order valence-corrected chi connectivity index (χ0v) is 10.3. The third kappa shape index (κ3) is 2.68. The maximum atomic E-state index is 5.89. The molecule has 1 fully saturated rings. The number of methoxy groups -OCH3 is 2. The summed E-state index contributed by atoms with van der Waals surface area (Å²) in [4.78, 5) is 6.65. The molecule has 0 bridgehead atoms. The smallest absolute Gasteiger partial charge is 0.183 e. The van der Waals surface area contributed by atoms with Crippen molar-refractivity contribution in [2.75, 3.05) is 27.3 Å². The van der Waals surface area contributed by atoms with E-state index in [4.69, 9.17) is 15.2 Å². The third-order valence-corrected chi connectivity index (χ3v) is 3.05. The number of nitrogens with zero attached hydrogens (tertiary/aromatic N) is 2. The van der Waals surface area contributed by atoms with Crippen LogP contribution in [0, 0.1) is 0 Å². The van der Waals surface area contributed by atoms with Crippen LogP contribution in [0.2, 0.25) is 0 Å². The summed E-state index contributed by atoms with van der Waals surface area (Å²) in [5.74, 6) is 1.44. The van der Waals surface area contributed by atoms with Crippen LogP contribution in [0.3, 0.4) is 0 Å². The molecule has 0 aromatic carbocycles. The van der Waals surface area contributed by atoms with Crippen LogP contribution in [0.5, 0.6) is 11.5 Å². The molecule has 1 atom stereocenters. The molecule has 2 heterocycles. The molecule has 1 aromatic rings. The molecule has 1 aliphatic heterocycles. The molecule has 2 N–H and O–H groups in total. The van der Waals surface area contributed by atoms with Gasteiger partial charge in [-0.1, -0.05) is 0 Å². The highest BCUT2D eigenvalue weighted by Crippen LogP contribution is 2.30. The van der Waals surface area contributed by atoms with Gasteiger partial charge in [-0.2, -0.15) is 0 Å². The zero-order chi connectivity index (χ0) is 12.3. The van der Waals surface area contributed by atoms with Crippen molar-refractivity contribution in [1.82, 2.24) is 9.88 Å². The Morgan fingerprint density at radius 3 is 2.88 bits per heavy atom. The Morgan fingerprint density at radius 2 is 2.29 bits per heavy atom. The molecule has 94 valence electrons. The van der Waals surface area contributed by atoms with Gasteiger partial charge in [0.2, 0.25) is 0 Å². The minimum absolute atomic E-state index is 0.284. The van der Waals surface area contributed by atoms with Crippen molar-refractivity contribution in [1.29, 1.82) is 0 Å². The lowest BCUT2D eigenvalue weighted by Gasteiger charge is -2.17. The number of pyridine rings is 1. The van der Waals surface area contributed by atoms with E-state index in [1.807, 2.05) is 0 Å². The molecule has 0 aliphatic carbocycles. The molecule has 0 radical (unpaired) electrons. The van der Waals surface area contributed by atoms with Crippen LogP contribution < -0.4 is 15.2 Å². The van der Waals surface area contributed by atoms with Crippen molar-refractivity contribution in [3.63, 3.8) is 0 Å². The van der Waals surface area contributed by atoms with Gasteiger partial charge in [0.05, 0.1) is 14.2 Å². The SMILES string of the molecule is COc1ccnc(CN2CCC(N)C2)c1OC. The van der Waals surface area contributed by atoms with Gasteiger partial charge in [0.15, 0.2) is 11.5 Å². The number of ether oxygens (including phenoxy) is 2. The predicted molar refractivity (Wildman–Crippen MR) is 65.2 cm³/mol. The molecule has 1 aromatic heterocycles. The number of nitrogens with two attached hydrogens (primary N) is 1. The van der Waals surface area contributed by atoms with E-state index in [1.165, 1.54) is 0 Å². The van der Waals surface area contributed by atoms with Crippen molar-refractivity contribution in [2.45, 2.75) is 19.0 Å². The summed E-state index contributed by atoms with van der Waals surface area (Å²) < 4.78 is 10.6. The highest BCUT2D eigenvalue weighted by molar-refractivity contribution is 5.42. The van der Waals surface area contributed by atoms with Crippen molar-refractivity contribution in [2.24, 2.45) is 5.73 Å². The van der Waals surface area contributed by atoms with Crippen molar-refractivity contribution >= 4 is 0 Å². The fourth-order valence-electron chi connectivity index (χ4n) is 2.18. The van der Waals surface area contributed by atoms with Crippen LogP contribution >= 0.6 is 0 Å². The minimum Gasteiger partial charge on any atom is -0.493 e. The van der Waals surface area contributed by atoms with Gasteiger partial charge in [0.25, 0.3) is 0 Å². The van der Waals surface area contributed by atoms with Gasteiger partial charge in [-0.3, -0.25) is 9.88 Å². The van der Waals surface area contributed by atoms with E-state index in [9.17, 15) is 0 Å². The fourth-order valence-corrected chi connectivity index (χ4v) is 2.18. The highest BCUT2D eigenvalue weighted by atomic mass is 16.5. The summed E-state index contributed by atoms with van der Waals surface area (Å²) >= 11 is 0. The molecular weight excluding hydrogens is 218 g/mol. The van der Waals surface area contributed by atoms with E-state index < -0.39 is 0 Å². The second kappa shape index (κ2) is 5.33. The number of rotatable bonds is 4. The van der Waals surface area contributed by atoms with Crippen molar-refractivity contribution in [3.8, 4) is 11.5 Å². The highest BCUT2D eigenvalue weighted by Gasteiger charge is 2.21. The van der Waals surface area contributed by atoms with Gasteiger partial charge >= 0.3 is 0 Å². The summed E-state index contributed by atoms with van der Waals surface area (Å²) in [5.41, 5.74) is 6.79. The van der Waals surface area contributed by atoms with Gasteiger partial charge in [-0.25, -0.2) is 0 Å². The normalized spacial score (nSPS) is 20.5. The van der Waals surface area contributed by atoms with E-state index in [2.05, 4.69) is 9.88 Å². The molecule has 1 unspecified atom stereocenters. The van der Waals surface area contributed by atoms with E-state index in [-0.39, 0.29) is 6.04 Å². The summed E-state index contributed by atoms with van der Waals surface area (Å²) in [5, 5.41) is 0. The Balaban J connectivity index is 2.14. The standard InChI is InChI=1S/C12H19N3O2/c1-16-11-3-5-14-10(12(11)17-2)8-15-6-4-9(13)7-15/h3,5,9H,4,6-8,13H2,1-2H3. The lowest BCUT2D eigenvalue weighted by Crippen LogP contribution is -2.26. The number of hydrogen-bond acceptors (Lipinski definition) is 5. The Bertz CT molecular complexity index is 384. The first-order valence-corrected chi connectivity index (χ1v) is 5.78. The van der Waals surface area contributed by atoms with Gasteiger partial charge in [-0.15, -0.1) is 0 Å². The average molecular weight is 237 g/mol.